The zero-order valence-electron chi connectivity index (χ0n) is 16.9. The average Bonchev–Trinajstić information content (AvgIpc) is 2.81. The molecule has 30 heavy (non-hydrogen) atoms. The second-order valence-corrected chi connectivity index (χ2v) is 7.57. The fourth-order valence-electron chi connectivity index (χ4n) is 3.32. The van der Waals surface area contributed by atoms with Crippen LogP contribution in [0.1, 0.15) is 31.1 Å². The number of anilines is 3. The number of halogens is 1. The molecule has 2 aromatic rings. The molecular weight excluding hydrogens is 404 g/mol. The van der Waals surface area contributed by atoms with Gasteiger partial charge in [0.1, 0.15) is 11.7 Å². The van der Waals surface area contributed by atoms with Crippen molar-refractivity contribution in [3.63, 3.8) is 0 Å². The lowest BCUT2D eigenvalue weighted by Crippen LogP contribution is -2.40. The average molecular weight is 427 g/mol. The number of fused-ring (bicyclic) bond motifs is 1. The van der Waals surface area contributed by atoms with Crippen molar-refractivity contribution in [3.05, 3.63) is 53.1 Å². The minimum Gasteiger partial charge on any atom is -0.339 e. The summed E-state index contributed by atoms with van der Waals surface area (Å²) in [5, 5.41) is 17.4. The summed E-state index contributed by atoms with van der Waals surface area (Å²) >= 11 is 6.05. The molecule has 1 heterocycles. The lowest BCUT2D eigenvalue weighted by Gasteiger charge is -2.27. The lowest BCUT2D eigenvalue weighted by atomic mass is 10.1. The van der Waals surface area contributed by atoms with Crippen LogP contribution in [0.25, 0.3) is 0 Å². The Kier molecular flexibility index (Phi) is 6.07. The van der Waals surface area contributed by atoms with Crippen molar-refractivity contribution in [3.8, 4) is 0 Å². The van der Waals surface area contributed by atoms with Crippen LogP contribution in [0.5, 0.6) is 0 Å². The zero-order valence-corrected chi connectivity index (χ0v) is 17.7. The van der Waals surface area contributed by atoms with Crippen LogP contribution in [0.3, 0.4) is 0 Å². The van der Waals surface area contributed by atoms with E-state index in [1.165, 1.54) is 6.92 Å². The second kappa shape index (κ2) is 8.54. The van der Waals surface area contributed by atoms with E-state index >= 15 is 0 Å². The summed E-state index contributed by atoms with van der Waals surface area (Å²) in [4.78, 5) is 27.2. The van der Waals surface area contributed by atoms with Crippen molar-refractivity contribution >= 4 is 52.1 Å². The van der Waals surface area contributed by atoms with E-state index in [4.69, 9.17) is 22.4 Å². The van der Waals surface area contributed by atoms with E-state index in [9.17, 15) is 9.59 Å². The van der Waals surface area contributed by atoms with Gasteiger partial charge >= 0.3 is 0 Å². The monoisotopic (exact) mass is 426 g/mol. The van der Waals surface area contributed by atoms with Crippen molar-refractivity contribution in [2.24, 2.45) is 5.92 Å². The normalized spacial score (nSPS) is 15.9. The number of nitrogens with one attached hydrogen (secondary N) is 4. The Labute approximate surface area is 179 Å². The Morgan fingerprint density at radius 1 is 1.07 bits per heavy atom. The minimum absolute atomic E-state index is 0.176. The van der Waals surface area contributed by atoms with Crippen LogP contribution in [0.15, 0.2) is 42.5 Å². The number of amidine groups is 2. The highest BCUT2D eigenvalue weighted by molar-refractivity contribution is 6.30. The van der Waals surface area contributed by atoms with E-state index in [1.807, 2.05) is 24.0 Å². The Morgan fingerprint density at radius 3 is 2.33 bits per heavy atom. The van der Waals surface area contributed by atoms with E-state index in [1.54, 1.807) is 42.2 Å². The second-order valence-electron chi connectivity index (χ2n) is 7.13. The van der Waals surface area contributed by atoms with Crippen LogP contribution in [0.4, 0.5) is 17.1 Å². The third-order valence-electron chi connectivity index (χ3n) is 4.76. The smallest absolute Gasteiger partial charge is 0.269 e. The lowest BCUT2D eigenvalue weighted by molar-refractivity contribution is -0.119. The maximum absolute atomic E-state index is 12.5. The first-order valence-corrected chi connectivity index (χ1v) is 9.74. The van der Waals surface area contributed by atoms with Gasteiger partial charge in [-0.1, -0.05) is 18.5 Å². The maximum Gasteiger partial charge on any atom is 0.269 e. The Balaban J connectivity index is 2.14. The van der Waals surface area contributed by atoms with Crippen LogP contribution in [0, 0.1) is 16.7 Å². The molecule has 4 N–H and O–H groups in total. The highest BCUT2D eigenvalue weighted by Crippen LogP contribution is 2.39. The van der Waals surface area contributed by atoms with Gasteiger partial charge in [-0.15, -0.1) is 0 Å². The highest BCUT2D eigenvalue weighted by Gasteiger charge is 2.31. The van der Waals surface area contributed by atoms with Crippen molar-refractivity contribution in [2.45, 2.75) is 20.8 Å². The van der Waals surface area contributed by atoms with Gasteiger partial charge in [0.05, 0.1) is 11.4 Å². The molecular formula is C21H23ClN6O2. The van der Waals surface area contributed by atoms with Gasteiger partial charge in [-0.2, -0.15) is 0 Å². The molecule has 0 saturated heterocycles. The van der Waals surface area contributed by atoms with Crippen LogP contribution in [-0.2, 0) is 4.79 Å². The number of hydrogen-bond acceptors (Lipinski definition) is 5. The fraction of sp³-hybridized carbons (Fsp3) is 0.238. The van der Waals surface area contributed by atoms with Gasteiger partial charge in [0.15, 0.2) is 0 Å². The molecule has 9 heteroatoms. The molecule has 0 spiro atoms. The minimum atomic E-state index is -0.463. The predicted octanol–water partition coefficient (Wildman–Crippen LogP) is 3.69. The summed E-state index contributed by atoms with van der Waals surface area (Å²) in [6.07, 6.45) is 0. The standard InChI is InChI=1S/C21H23ClN6O2/c1-12-11-27(17-7-5-16(22)6-8-17)19-10-15(21(30)26-25-14(3)29)4-9-18(19)28(13(2)23)20(12)24/h4-10,12,23-24H,11H2,1-3H3,(H,25,29)(H,26,30). The van der Waals surface area contributed by atoms with E-state index < -0.39 is 5.91 Å². The fourth-order valence-corrected chi connectivity index (χ4v) is 3.45. The van der Waals surface area contributed by atoms with Gasteiger partial charge in [-0.3, -0.25) is 36.2 Å². The number of nitrogens with zero attached hydrogens (tertiary/aromatic N) is 2. The third-order valence-corrected chi connectivity index (χ3v) is 5.01. The first kappa shape index (κ1) is 21.3. The first-order chi connectivity index (χ1) is 14.2. The largest absolute Gasteiger partial charge is 0.339 e. The van der Waals surface area contributed by atoms with E-state index in [2.05, 4.69) is 10.9 Å². The van der Waals surface area contributed by atoms with Crippen molar-refractivity contribution in [1.29, 1.82) is 10.8 Å². The number of carbonyl (C=O) groups excluding carboxylic acids is 2. The van der Waals surface area contributed by atoms with Gasteiger partial charge in [0.2, 0.25) is 5.91 Å². The van der Waals surface area contributed by atoms with Crippen molar-refractivity contribution in [2.75, 3.05) is 16.3 Å². The zero-order chi connectivity index (χ0) is 22.0. The molecule has 1 aliphatic heterocycles. The predicted molar refractivity (Wildman–Crippen MR) is 119 cm³/mol. The number of rotatable bonds is 2. The molecule has 0 aliphatic carbocycles. The summed E-state index contributed by atoms with van der Waals surface area (Å²) < 4.78 is 0. The summed E-state index contributed by atoms with van der Waals surface area (Å²) in [6, 6.07) is 12.3. The van der Waals surface area contributed by atoms with Gasteiger partial charge in [0, 0.05) is 35.7 Å². The molecule has 0 bridgehead atoms. The number of benzene rings is 2. The van der Waals surface area contributed by atoms with Crippen LogP contribution in [-0.4, -0.2) is 30.0 Å². The summed E-state index contributed by atoms with van der Waals surface area (Å²) in [5.41, 5.74) is 7.13. The molecule has 3 rings (SSSR count). The Morgan fingerprint density at radius 2 is 1.73 bits per heavy atom. The van der Waals surface area contributed by atoms with Crippen LogP contribution < -0.4 is 20.7 Å². The highest BCUT2D eigenvalue weighted by atomic mass is 35.5. The van der Waals surface area contributed by atoms with Gasteiger partial charge in [-0.25, -0.2) is 0 Å². The molecule has 2 aromatic carbocycles. The van der Waals surface area contributed by atoms with Gasteiger partial charge in [-0.05, 0) is 49.4 Å². The molecule has 1 atom stereocenters. The molecule has 0 radical (unpaired) electrons. The molecule has 0 fully saturated rings. The summed E-state index contributed by atoms with van der Waals surface area (Å²) in [6.45, 7) is 5.34. The number of hydrogen-bond donors (Lipinski definition) is 4. The van der Waals surface area contributed by atoms with E-state index in [0.29, 0.717) is 34.3 Å². The SMILES string of the molecule is CC(=N)N1C(=N)C(C)CN(c2ccc(Cl)cc2)c2cc(C(=O)NNC(C)=O)ccc21. The Hall–Kier alpha value is -3.39. The van der Waals surface area contributed by atoms with Gasteiger partial charge < -0.3 is 4.90 Å². The van der Waals surface area contributed by atoms with Crippen LogP contribution >= 0.6 is 11.6 Å². The van der Waals surface area contributed by atoms with E-state index in [0.717, 1.165) is 5.69 Å². The number of hydrazine groups is 1. The van der Waals surface area contributed by atoms with E-state index in [-0.39, 0.29) is 17.7 Å². The topological polar surface area (TPSA) is 112 Å². The molecule has 8 nitrogen and oxygen atoms in total. The third kappa shape index (κ3) is 4.28. The quantitative estimate of drug-likeness (QED) is 0.333. The van der Waals surface area contributed by atoms with Crippen LogP contribution in [0.2, 0.25) is 5.02 Å². The molecule has 1 unspecified atom stereocenters. The number of amides is 2. The van der Waals surface area contributed by atoms with Gasteiger partial charge in [0.25, 0.3) is 5.91 Å². The maximum atomic E-state index is 12.5. The van der Waals surface area contributed by atoms with Crippen molar-refractivity contribution < 1.29 is 9.59 Å². The number of carbonyl (C=O) groups is 2. The summed E-state index contributed by atoms with van der Waals surface area (Å²) in [7, 11) is 0. The van der Waals surface area contributed by atoms with Crippen molar-refractivity contribution in [1.82, 2.24) is 10.9 Å². The summed E-state index contributed by atoms with van der Waals surface area (Å²) in [5.74, 6) is -0.509. The Bertz CT molecular complexity index is 1020. The molecule has 0 saturated carbocycles. The molecule has 2 amide bonds. The molecule has 1 aliphatic rings. The molecule has 0 aromatic heterocycles. The first-order valence-electron chi connectivity index (χ1n) is 9.37. The molecule has 156 valence electrons.